The fourth-order valence-corrected chi connectivity index (χ4v) is 3.72. The van der Waals surface area contributed by atoms with Gasteiger partial charge in [0.25, 0.3) is 10.8 Å². The molecule has 0 radical (unpaired) electrons. The molecular weight excluding hydrogens is 412 g/mol. The maximum atomic E-state index is 11.9. The normalized spacial score (nSPS) is 11.2. The molecule has 0 aliphatic heterocycles. The minimum atomic E-state index is -0.119. The van der Waals surface area contributed by atoms with Gasteiger partial charge in [0.15, 0.2) is 0 Å². The lowest BCUT2D eigenvalue weighted by atomic mass is 10.2. The van der Waals surface area contributed by atoms with E-state index in [1.54, 1.807) is 0 Å². The van der Waals surface area contributed by atoms with Crippen LogP contribution in [0.15, 0.2) is 54.6 Å². The van der Waals surface area contributed by atoms with Gasteiger partial charge in [0, 0.05) is 10.0 Å². The van der Waals surface area contributed by atoms with E-state index in [0.717, 1.165) is 10.0 Å². The molecule has 0 saturated heterocycles. The fraction of sp³-hybridized carbons (Fsp3) is 0.0667. The Morgan fingerprint density at radius 3 is 2.88 bits per heavy atom. The van der Waals surface area contributed by atoms with Gasteiger partial charge in [0.05, 0.1) is 11.3 Å². The molecule has 0 fully saturated rings. The van der Waals surface area contributed by atoms with E-state index in [1.807, 2.05) is 35.7 Å². The highest BCUT2D eigenvalue weighted by molar-refractivity contribution is 9.10. The van der Waals surface area contributed by atoms with Crippen molar-refractivity contribution in [2.24, 2.45) is 0 Å². The zero-order chi connectivity index (χ0) is 16.5. The van der Waals surface area contributed by atoms with E-state index in [-0.39, 0.29) is 5.56 Å². The Kier molecular flexibility index (Phi) is 4.21. The highest BCUT2D eigenvalue weighted by atomic mass is 79.9. The van der Waals surface area contributed by atoms with E-state index in [1.165, 1.54) is 23.1 Å². The monoisotopic (exact) mass is 420 g/mol. The van der Waals surface area contributed by atoms with Gasteiger partial charge >= 0.3 is 0 Å². The molecule has 0 amide bonds. The molecule has 4 rings (SSSR count). The zero-order valence-electron chi connectivity index (χ0n) is 12.0. The number of benzene rings is 1. The molecule has 0 atom stereocenters. The van der Waals surface area contributed by atoms with Crippen LogP contribution in [-0.4, -0.2) is 20.2 Å². The van der Waals surface area contributed by atoms with Crippen molar-refractivity contribution in [3.8, 4) is 11.5 Å². The lowest BCUT2D eigenvalue weighted by Gasteiger charge is -1.98. The summed E-state index contributed by atoms with van der Waals surface area (Å²) in [5, 5.41) is 10.4. The van der Waals surface area contributed by atoms with Gasteiger partial charge in [-0.1, -0.05) is 27.7 Å². The van der Waals surface area contributed by atoms with Crippen LogP contribution in [0.5, 0.6) is 0 Å². The second-order valence-corrected chi connectivity index (χ2v) is 7.57. The number of thiophene rings is 1. The molecule has 0 aliphatic rings. The van der Waals surface area contributed by atoms with E-state index in [9.17, 15) is 4.79 Å². The van der Waals surface area contributed by atoms with Crippen LogP contribution < -0.4 is 5.56 Å². The van der Waals surface area contributed by atoms with Gasteiger partial charge in [0.2, 0.25) is 5.89 Å². The number of aromatic nitrogens is 4. The lowest BCUT2D eigenvalue weighted by molar-refractivity contribution is 0.465. The van der Waals surface area contributed by atoms with Gasteiger partial charge in [-0.2, -0.15) is 0 Å². The molecule has 4 aromatic rings. The standard InChI is InChI=1S/C15H9BrN4O2S2/c16-9-3-1-8(2-4-9)14-19-20-15(22-14)24-7-11-17-10-5-6-23-12(10)13(21)18-11/h1-6H,7H2,(H,17,18,21). The molecule has 0 aliphatic carbocycles. The summed E-state index contributed by atoms with van der Waals surface area (Å²) in [6.45, 7) is 0. The second kappa shape index (κ2) is 6.50. The number of hydrogen-bond acceptors (Lipinski definition) is 7. The zero-order valence-corrected chi connectivity index (χ0v) is 15.2. The topological polar surface area (TPSA) is 84.7 Å². The van der Waals surface area contributed by atoms with Gasteiger partial charge in [-0.3, -0.25) is 4.79 Å². The number of thioether (sulfide) groups is 1. The number of aromatic amines is 1. The molecule has 24 heavy (non-hydrogen) atoms. The van der Waals surface area contributed by atoms with Crippen molar-refractivity contribution >= 4 is 49.2 Å². The molecule has 1 N–H and O–H groups in total. The number of fused-ring (bicyclic) bond motifs is 1. The SMILES string of the molecule is O=c1[nH]c(CSc2nnc(-c3ccc(Br)cc3)o2)nc2ccsc12. The summed E-state index contributed by atoms with van der Waals surface area (Å²) in [5.41, 5.74) is 1.44. The van der Waals surface area contributed by atoms with Crippen molar-refractivity contribution in [1.82, 2.24) is 20.2 Å². The first kappa shape index (κ1) is 15.6. The van der Waals surface area contributed by atoms with Crippen molar-refractivity contribution in [1.29, 1.82) is 0 Å². The first-order chi connectivity index (χ1) is 11.7. The Morgan fingerprint density at radius 1 is 1.21 bits per heavy atom. The highest BCUT2D eigenvalue weighted by Crippen LogP contribution is 2.26. The van der Waals surface area contributed by atoms with Crippen LogP contribution in [0, 0.1) is 0 Å². The summed E-state index contributed by atoms with van der Waals surface area (Å²) in [6.07, 6.45) is 0. The Morgan fingerprint density at radius 2 is 2.04 bits per heavy atom. The quantitative estimate of drug-likeness (QED) is 0.500. The summed E-state index contributed by atoms with van der Waals surface area (Å²) in [7, 11) is 0. The number of rotatable bonds is 4. The molecule has 0 unspecified atom stereocenters. The number of halogens is 1. The van der Waals surface area contributed by atoms with Gasteiger partial charge in [-0.15, -0.1) is 21.5 Å². The summed E-state index contributed by atoms with van der Waals surface area (Å²) in [4.78, 5) is 19.1. The van der Waals surface area contributed by atoms with E-state index in [2.05, 4.69) is 36.1 Å². The molecule has 3 aromatic heterocycles. The molecule has 0 spiro atoms. The molecule has 3 heterocycles. The number of H-pyrrole nitrogens is 1. The van der Waals surface area contributed by atoms with Crippen molar-refractivity contribution in [3.63, 3.8) is 0 Å². The van der Waals surface area contributed by atoms with Crippen molar-refractivity contribution in [2.75, 3.05) is 0 Å². The van der Waals surface area contributed by atoms with Crippen LogP contribution in [0.2, 0.25) is 0 Å². The van der Waals surface area contributed by atoms with Crippen LogP contribution in [0.1, 0.15) is 5.82 Å². The third-order valence-corrected chi connectivity index (χ3v) is 5.45. The van der Waals surface area contributed by atoms with Crippen molar-refractivity contribution in [3.05, 3.63) is 56.4 Å². The molecule has 120 valence electrons. The van der Waals surface area contributed by atoms with Gasteiger partial charge in [-0.25, -0.2) is 4.98 Å². The first-order valence-electron chi connectivity index (χ1n) is 6.88. The van der Waals surface area contributed by atoms with E-state index >= 15 is 0 Å². The number of hydrogen-bond donors (Lipinski definition) is 1. The van der Waals surface area contributed by atoms with Crippen LogP contribution in [-0.2, 0) is 5.75 Å². The molecule has 1 aromatic carbocycles. The van der Waals surface area contributed by atoms with Crippen LogP contribution in [0.3, 0.4) is 0 Å². The number of nitrogens with zero attached hydrogens (tertiary/aromatic N) is 3. The van der Waals surface area contributed by atoms with Gasteiger partial charge in [0.1, 0.15) is 10.5 Å². The second-order valence-electron chi connectivity index (χ2n) is 4.82. The van der Waals surface area contributed by atoms with Crippen LogP contribution in [0.25, 0.3) is 21.7 Å². The summed E-state index contributed by atoms with van der Waals surface area (Å²) >= 11 is 6.10. The Hall–Kier alpha value is -1.97. The third kappa shape index (κ3) is 3.14. The molecule has 0 saturated carbocycles. The van der Waals surface area contributed by atoms with Crippen LogP contribution >= 0.6 is 39.0 Å². The Labute approximate surface area is 152 Å². The Bertz CT molecular complexity index is 1060. The predicted molar refractivity (Wildman–Crippen MR) is 97.2 cm³/mol. The van der Waals surface area contributed by atoms with Gasteiger partial charge < -0.3 is 9.40 Å². The largest absolute Gasteiger partial charge is 0.411 e. The lowest BCUT2D eigenvalue weighted by Crippen LogP contribution is -2.09. The average molecular weight is 421 g/mol. The minimum Gasteiger partial charge on any atom is -0.411 e. The van der Waals surface area contributed by atoms with Crippen molar-refractivity contribution in [2.45, 2.75) is 11.0 Å². The minimum absolute atomic E-state index is 0.119. The average Bonchev–Trinajstić information content (AvgIpc) is 3.23. The van der Waals surface area contributed by atoms with Crippen molar-refractivity contribution < 1.29 is 4.42 Å². The summed E-state index contributed by atoms with van der Waals surface area (Å²) in [5.74, 6) is 1.49. The van der Waals surface area contributed by atoms with Crippen LogP contribution in [0.4, 0.5) is 0 Å². The highest BCUT2D eigenvalue weighted by Gasteiger charge is 2.11. The molecular formula is C15H9BrN4O2S2. The maximum absolute atomic E-state index is 11.9. The van der Waals surface area contributed by atoms with E-state index < -0.39 is 0 Å². The molecule has 9 heteroatoms. The predicted octanol–water partition coefficient (Wildman–Crippen LogP) is 4.09. The van der Waals surface area contributed by atoms with Gasteiger partial charge in [-0.05, 0) is 35.7 Å². The summed E-state index contributed by atoms with van der Waals surface area (Å²) in [6, 6.07) is 9.46. The third-order valence-electron chi connectivity index (χ3n) is 3.19. The fourth-order valence-electron chi connectivity index (χ4n) is 2.10. The number of nitrogens with one attached hydrogen (secondary N) is 1. The summed E-state index contributed by atoms with van der Waals surface area (Å²) < 4.78 is 7.27. The molecule has 0 bridgehead atoms. The Balaban J connectivity index is 1.51. The van der Waals surface area contributed by atoms with E-state index in [4.69, 9.17) is 4.42 Å². The molecule has 6 nitrogen and oxygen atoms in total. The van der Waals surface area contributed by atoms with E-state index in [0.29, 0.717) is 32.9 Å². The first-order valence-corrected chi connectivity index (χ1v) is 9.53. The maximum Gasteiger partial charge on any atom is 0.277 e. The smallest absolute Gasteiger partial charge is 0.277 e.